The minimum atomic E-state index is -2.12. The molecule has 1 aromatic carbocycles. The number of benzene rings is 1. The summed E-state index contributed by atoms with van der Waals surface area (Å²) < 4.78 is 13.7. The first-order valence-corrected chi connectivity index (χ1v) is 8.04. The molecule has 12 heavy (non-hydrogen) atoms. The zero-order chi connectivity index (χ0) is 8.81. The molecule has 0 atom stereocenters. The molecule has 66 valence electrons. The van der Waals surface area contributed by atoms with Gasteiger partial charge in [0.15, 0.2) is 0 Å². The molecule has 0 aliphatic heterocycles. The third kappa shape index (κ3) is 3.05. The number of hydrogen-bond donors (Lipinski definition) is 0. The Hall–Kier alpha value is -0.190. The Bertz CT molecular complexity index is 243. The standard InChI is InChI=1S/C10H14OTe/c1-2-3-9-12(11)10-7-5-4-6-8-10/h4-8H,2-3,9H2,1H3. The van der Waals surface area contributed by atoms with Crippen LogP contribution in [0.25, 0.3) is 0 Å². The van der Waals surface area contributed by atoms with Gasteiger partial charge in [-0.05, 0) is 0 Å². The molecule has 0 radical (unpaired) electrons. The fourth-order valence-corrected chi connectivity index (χ4v) is 4.53. The van der Waals surface area contributed by atoms with Crippen molar-refractivity contribution >= 4 is 23.1 Å². The van der Waals surface area contributed by atoms with Gasteiger partial charge in [0.25, 0.3) is 0 Å². The molecule has 0 spiro atoms. The molecule has 1 aromatic rings. The van der Waals surface area contributed by atoms with E-state index in [9.17, 15) is 3.10 Å². The second kappa shape index (κ2) is 5.45. The van der Waals surface area contributed by atoms with Gasteiger partial charge in [0.2, 0.25) is 0 Å². The van der Waals surface area contributed by atoms with Gasteiger partial charge in [0.05, 0.1) is 0 Å². The molecule has 0 heterocycles. The molecule has 0 saturated carbocycles. The van der Waals surface area contributed by atoms with Crippen LogP contribution in [-0.2, 0) is 3.10 Å². The van der Waals surface area contributed by atoms with Gasteiger partial charge in [-0.1, -0.05) is 0 Å². The summed E-state index contributed by atoms with van der Waals surface area (Å²) in [5, 5.41) is 0. The number of rotatable bonds is 4. The molecular formula is C10H14OTe. The van der Waals surface area contributed by atoms with Gasteiger partial charge < -0.3 is 0 Å². The number of hydrogen-bond acceptors (Lipinski definition) is 1. The van der Waals surface area contributed by atoms with Gasteiger partial charge in [0.1, 0.15) is 0 Å². The second-order valence-electron chi connectivity index (χ2n) is 2.72. The van der Waals surface area contributed by atoms with Crippen LogP contribution in [-0.4, -0.2) is 19.5 Å². The van der Waals surface area contributed by atoms with Crippen molar-refractivity contribution in [2.45, 2.75) is 24.2 Å². The van der Waals surface area contributed by atoms with Crippen LogP contribution in [0.3, 0.4) is 0 Å². The summed E-state index contributed by atoms with van der Waals surface area (Å²) in [5.41, 5.74) is 0. The Labute approximate surface area is 80.8 Å². The summed E-state index contributed by atoms with van der Waals surface area (Å²) in [6.45, 7) is 2.14. The van der Waals surface area contributed by atoms with Crippen molar-refractivity contribution < 1.29 is 3.10 Å². The molecule has 0 aromatic heterocycles. The normalized spacial score (nSPS) is 10.5. The van der Waals surface area contributed by atoms with Crippen molar-refractivity contribution in [3.05, 3.63) is 30.3 Å². The van der Waals surface area contributed by atoms with Crippen molar-refractivity contribution in [1.82, 2.24) is 0 Å². The molecule has 1 nitrogen and oxygen atoms in total. The maximum atomic E-state index is 11.7. The van der Waals surface area contributed by atoms with Crippen LogP contribution in [0.4, 0.5) is 0 Å². The molecule has 1 rings (SSSR count). The van der Waals surface area contributed by atoms with Crippen molar-refractivity contribution in [1.29, 1.82) is 0 Å². The van der Waals surface area contributed by atoms with Crippen LogP contribution in [0, 0.1) is 0 Å². The van der Waals surface area contributed by atoms with E-state index in [0.717, 1.165) is 20.9 Å². The molecule has 2 heteroatoms. The summed E-state index contributed by atoms with van der Waals surface area (Å²) in [6, 6.07) is 9.87. The predicted molar refractivity (Wildman–Crippen MR) is 52.2 cm³/mol. The van der Waals surface area contributed by atoms with Crippen molar-refractivity contribution in [2.24, 2.45) is 0 Å². The van der Waals surface area contributed by atoms with Crippen LogP contribution in [0.1, 0.15) is 19.8 Å². The fraction of sp³-hybridized carbons (Fsp3) is 0.400. The van der Waals surface area contributed by atoms with Gasteiger partial charge in [-0.15, -0.1) is 0 Å². The fourth-order valence-electron chi connectivity index (χ4n) is 0.966. The Morgan fingerprint density at radius 3 is 2.50 bits per heavy atom. The summed E-state index contributed by atoms with van der Waals surface area (Å²) in [5.74, 6) is 0. The number of unbranched alkanes of at least 4 members (excludes halogenated alkanes) is 1. The third-order valence-electron chi connectivity index (χ3n) is 1.69. The monoisotopic (exact) mass is 280 g/mol. The van der Waals surface area contributed by atoms with E-state index in [1.807, 2.05) is 30.3 Å². The van der Waals surface area contributed by atoms with E-state index < -0.39 is 19.5 Å². The summed E-state index contributed by atoms with van der Waals surface area (Å²) in [4.78, 5) is 0. The van der Waals surface area contributed by atoms with Crippen LogP contribution < -0.4 is 3.61 Å². The molecule has 0 unspecified atom stereocenters. The quantitative estimate of drug-likeness (QED) is 0.771. The molecule has 0 amide bonds. The van der Waals surface area contributed by atoms with Gasteiger partial charge >= 0.3 is 80.8 Å². The molecule has 0 aliphatic rings. The first-order valence-electron chi connectivity index (χ1n) is 4.28. The zero-order valence-electron chi connectivity index (χ0n) is 7.32. The van der Waals surface area contributed by atoms with E-state index in [1.165, 1.54) is 0 Å². The second-order valence-corrected chi connectivity index (χ2v) is 7.20. The Kier molecular flexibility index (Phi) is 4.50. The van der Waals surface area contributed by atoms with E-state index in [-0.39, 0.29) is 0 Å². The predicted octanol–water partition coefficient (Wildman–Crippen LogP) is 2.12. The van der Waals surface area contributed by atoms with Gasteiger partial charge in [-0.25, -0.2) is 0 Å². The average molecular weight is 278 g/mol. The SMILES string of the molecule is CCCC[Te](=O)c1ccccc1. The van der Waals surface area contributed by atoms with Crippen LogP contribution in [0.5, 0.6) is 0 Å². The Balaban J connectivity index is 2.54. The third-order valence-corrected chi connectivity index (χ3v) is 5.85. The van der Waals surface area contributed by atoms with Crippen LogP contribution in [0.2, 0.25) is 4.47 Å². The van der Waals surface area contributed by atoms with E-state index in [2.05, 4.69) is 6.92 Å². The van der Waals surface area contributed by atoms with Crippen molar-refractivity contribution in [3.63, 3.8) is 0 Å². The summed E-state index contributed by atoms with van der Waals surface area (Å²) in [7, 11) is 0. The average Bonchev–Trinajstić information content (AvgIpc) is 2.15. The van der Waals surface area contributed by atoms with Gasteiger partial charge in [-0.2, -0.15) is 0 Å². The molecule has 0 fully saturated rings. The van der Waals surface area contributed by atoms with Crippen LogP contribution >= 0.6 is 0 Å². The molecular weight excluding hydrogens is 264 g/mol. The molecule has 0 bridgehead atoms. The summed E-state index contributed by atoms with van der Waals surface area (Å²) in [6.07, 6.45) is 2.25. The minimum absolute atomic E-state index is 0.934. The van der Waals surface area contributed by atoms with Crippen molar-refractivity contribution in [3.8, 4) is 0 Å². The van der Waals surface area contributed by atoms with E-state index in [1.54, 1.807) is 0 Å². The van der Waals surface area contributed by atoms with Gasteiger partial charge in [0, 0.05) is 0 Å². The first kappa shape index (κ1) is 9.89. The zero-order valence-corrected chi connectivity index (χ0v) is 9.65. The van der Waals surface area contributed by atoms with Crippen LogP contribution in [0.15, 0.2) is 30.3 Å². The molecule has 0 N–H and O–H groups in total. The van der Waals surface area contributed by atoms with E-state index >= 15 is 0 Å². The summed E-state index contributed by atoms with van der Waals surface area (Å²) >= 11 is -2.12. The maximum absolute atomic E-state index is 11.7. The van der Waals surface area contributed by atoms with E-state index in [0.29, 0.717) is 0 Å². The first-order chi connectivity index (χ1) is 5.84. The molecule has 0 saturated heterocycles. The van der Waals surface area contributed by atoms with Crippen molar-refractivity contribution in [2.75, 3.05) is 0 Å². The Morgan fingerprint density at radius 1 is 1.25 bits per heavy atom. The topological polar surface area (TPSA) is 17.1 Å². The molecule has 0 aliphatic carbocycles. The van der Waals surface area contributed by atoms with E-state index in [4.69, 9.17) is 0 Å². The Morgan fingerprint density at radius 2 is 1.92 bits per heavy atom. The van der Waals surface area contributed by atoms with Gasteiger partial charge in [-0.3, -0.25) is 0 Å².